The Labute approximate surface area is 77.3 Å². The van der Waals surface area contributed by atoms with Gasteiger partial charge in [-0.1, -0.05) is 39.1 Å². The van der Waals surface area contributed by atoms with Gasteiger partial charge in [0, 0.05) is 0 Å². The second-order valence-corrected chi connectivity index (χ2v) is 9.11. The first kappa shape index (κ1) is 10.0. The lowest BCUT2D eigenvalue weighted by Gasteiger charge is -2.31. The lowest BCUT2D eigenvalue weighted by Crippen LogP contribution is -2.51. The van der Waals surface area contributed by atoms with Gasteiger partial charge in [-0.05, 0) is 24.4 Å². The van der Waals surface area contributed by atoms with Gasteiger partial charge in [-0.15, -0.1) is 0 Å². The average Bonchev–Trinajstić information content (AvgIpc) is 2.32. The van der Waals surface area contributed by atoms with E-state index in [9.17, 15) is 0 Å². The minimum Gasteiger partial charge on any atom is -0.335 e. The lowest BCUT2D eigenvalue weighted by atomic mass is 10.4. The third kappa shape index (κ3) is 2.46. The summed E-state index contributed by atoms with van der Waals surface area (Å²) >= 11 is 0. The molecule has 2 heteroatoms. The molecule has 1 aliphatic rings. The fourth-order valence-electron chi connectivity index (χ4n) is 2.08. The van der Waals surface area contributed by atoms with Crippen LogP contribution in [-0.2, 0) is 0 Å². The van der Waals surface area contributed by atoms with E-state index in [4.69, 9.17) is 0 Å². The standard InChI is InChI=1S/C10H21NSi/c1-9(2)11-12(3,4)10-7-5-6-8-10/h5,7,9-11H,6,8H2,1-4H3/t10-/m0/s1. The summed E-state index contributed by atoms with van der Waals surface area (Å²) in [6, 6.07) is 0.640. The largest absolute Gasteiger partial charge is 0.335 e. The zero-order chi connectivity index (χ0) is 9.19. The minimum atomic E-state index is -1.17. The van der Waals surface area contributed by atoms with Gasteiger partial charge < -0.3 is 4.98 Å². The highest BCUT2D eigenvalue weighted by molar-refractivity contribution is 6.77. The van der Waals surface area contributed by atoms with Crippen molar-refractivity contribution in [1.82, 2.24) is 4.98 Å². The molecule has 0 aromatic rings. The maximum absolute atomic E-state index is 3.75. The molecule has 0 aromatic carbocycles. The maximum atomic E-state index is 3.75. The van der Waals surface area contributed by atoms with Crippen LogP contribution in [0.2, 0.25) is 18.6 Å². The van der Waals surface area contributed by atoms with Crippen molar-refractivity contribution in [1.29, 1.82) is 0 Å². The van der Waals surface area contributed by atoms with Gasteiger partial charge in [0.2, 0.25) is 0 Å². The molecule has 0 bridgehead atoms. The number of hydrogen-bond donors (Lipinski definition) is 1. The molecular formula is C10H21NSi. The van der Waals surface area contributed by atoms with Gasteiger partial charge in [-0.2, -0.15) is 0 Å². The molecule has 0 heterocycles. The first-order valence-corrected chi connectivity index (χ1v) is 8.04. The van der Waals surface area contributed by atoms with Gasteiger partial charge >= 0.3 is 0 Å². The fraction of sp³-hybridized carbons (Fsp3) is 0.800. The fourth-order valence-corrected chi connectivity index (χ4v) is 5.29. The molecule has 70 valence electrons. The van der Waals surface area contributed by atoms with Crippen molar-refractivity contribution in [3.05, 3.63) is 12.2 Å². The van der Waals surface area contributed by atoms with Gasteiger partial charge in [-0.3, -0.25) is 0 Å². The SMILES string of the molecule is CC(C)N[Si](C)(C)[C@H]1C=CCC1. The monoisotopic (exact) mass is 183 g/mol. The Balaban J connectivity index is 2.51. The van der Waals surface area contributed by atoms with Crippen LogP contribution in [0.4, 0.5) is 0 Å². The van der Waals surface area contributed by atoms with E-state index in [0.29, 0.717) is 6.04 Å². The Morgan fingerprint density at radius 3 is 2.50 bits per heavy atom. The molecule has 0 spiro atoms. The predicted octanol–water partition coefficient (Wildman–Crippen LogP) is 2.91. The normalized spacial score (nSPS) is 23.9. The molecule has 0 unspecified atom stereocenters. The molecule has 0 saturated heterocycles. The van der Waals surface area contributed by atoms with Gasteiger partial charge in [0.05, 0.1) is 0 Å². The number of nitrogens with one attached hydrogen (secondary N) is 1. The van der Waals surface area contributed by atoms with Crippen molar-refractivity contribution >= 4 is 8.24 Å². The quantitative estimate of drug-likeness (QED) is 0.524. The predicted molar refractivity (Wildman–Crippen MR) is 57.9 cm³/mol. The summed E-state index contributed by atoms with van der Waals surface area (Å²) in [6.45, 7) is 9.36. The van der Waals surface area contributed by atoms with Crippen molar-refractivity contribution in [3.63, 3.8) is 0 Å². The summed E-state index contributed by atoms with van der Waals surface area (Å²) in [5.41, 5.74) is 0.861. The van der Waals surface area contributed by atoms with Crippen LogP contribution < -0.4 is 4.98 Å². The van der Waals surface area contributed by atoms with E-state index in [1.807, 2.05) is 0 Å². The summed E-state index contributed by atoms with van der Waals surface area (Å²) in [7, 11) is -1.17. The number of allylic oxidation sites excluding steroid dienone is 2. The van der Waals surface area contributed by atoms with Crippen LogP contribution >= 0.6 is 0 Å². The Morgan fingerprint density at radius 1 is 1.42 bits per heavy atom. The molecule has 0 amide bonds. The van der Waals surface area contributed by atoms with Crippen molar-refractivity contribution in [3.8, 4) is 0 Å². The molecule has 1 N–H and O–H groups in total. The van der Waals surface area contributed by atoms with Crippen LogP contribution in [0.15, 0.2) is 12.2 Å². The number of rotatable bonds is 3. The smallest absolute Gasteiger partial charge is 0.126 e. The van der Waals surface area contributed by atoms with Crippen LogP contribution in [0.3, 0.4) is 0 Å². The Morgan fingerprint density at radius 2 is 2.08 bits per heavy atom. The third-order valence-electron chi connectivity index (χ3n) is 2.60. The Bertz CT molecular complexity index is 173. The van der Waals surface area contributed by atoms with E-state index in [1.54, 1.807) is 0 Å². The van der Waals surface area contributed by atoms with Crippen molar-refractivity contribution in [2.45, 2.75) is 51.4 Å². The molecule has 0 fully saturated rings. The lowest BCUT2D eigenvalue weighted by molar-refractivity contribution is 0.711. The van der Waals surface area contributed by atoms with Crippen molar-refractivity contribution in [2.24, 2.45) is 0 Å². The minimum absolute atomic E-state index is 0.640. The van der Waals surface area contributed by atoms with Crippen LogP contribution in [0.5, 0.6) is 0 Å². The van der Waals surface area contributed by atoms with Gasteiger partial charge in [-0.25, -0.2) is 0 Å². The third-order valence-corrected chi connectivity index (χ3v) is 6.26. The van der Waals surface area contributed by atoms with Crippen molar-refractivity contribution < 1.29 is 0 Å². The topological polar surface area (TPSA) is 12.0 Å². The second kappa shape index (κ2) is 3.75. The van der Waals surface area contributed by atoms with E-state index in [2.05, 4.69) is 44.1 Å². The van der Waals surface area contributed by atoms with Crippen LogP contribution in [-0.4, -0.2) is 14.3 Å². The maximum Gasteiger partial charge on any atom is 0.126 e. The molecule has 0 aliphatic heterocycles. The van der Waals surface area contributed by atoms with Gasteiger partial charge in [0.1, 0.15) is 8.24 Å². The summed E-state index contributed by atoms with van der Waals surface area (Å²) < 4.78 is 0. The summed E-state index contributed by atoms with van der Waals surface area (Å²) in [4.78, 5) is 3.75. The van der Waals surface area contributed by atoms with Crippen molar-refractivity contribution in [2.75, 3.05) is 0 Å². The summed E-state index contributed by atoms with van der Waals surface area (Å²) in [5, 5.41) is 0. The number of hydrogen-bond acceptors (Lipinski definition) is 1. The Kier molecular flexibility index (Phi) is 3.13. The van der Waals surface area contributed by atoms with E-state index >= 15 is 0 Å². The molecule has 1 atom stereocenters. The summed E-state index contributed by atoms with van der Waals surface area (Å²) in [6.07, 6.45) is 7.42. The molecule has 0 aromatic heterocycles. The van der Waals surface area contributed by atoms with E-state index in [1.165, 1.54) is 12.8 Å². The highest BCUT2D eigenvalue weighted by Crippen LogP contribution is 2.31. The van der Waals surface area contributed by atoms with Gasteiger partial charge in [0.25, 0.3) is 0 Å². The van der Waals surface area contributed by atoms with Crippen LogP contribution in [0, 0.1) is 0 Å². The summed E-state index contributed by atoms with van der Waals surface area (Å²) in [5.74, 6) is 0. The molecule has 12 heavy (non-hydrogen) atoms. The molecule has 0 saturated carbocycles. The zero-order valence-electron chi connectivity index (χ0n) is 8.72. The first-order valence-electron chi connectivity index (χ1n) is 4.97. The first-order chi connectivity index (χ1) is 5.52. The highest BCUT2D eigenvalue weighted by Gasteiger charge is 2.31. The second-order valence-electron chi connectivity index (χ2n) is 4.63. The van der Waals surface area contributed by atoms with Crippen LogP contribution in [0.25, 0.3) is 0 Å². The molecule has 1 nitrogen and oxygen atoms in total. The molecular weight excluding hydrogens is 162 g/mol. The molecule has 1 aliphatic carbocycles. The van der Waals surface area contributed by atoms with E-state index in [0.717, 1.165) is 5.54 Å². The van der Waals surface area contributed by atoms with E-state index in [-0.39, 0.29) is 0 Å². The Hall–Kier alpha value is -0.0831. The molecule has 0 radical (unpaired) electrons. The average molecular weight is 183 g/mol. The molecule has 1 rings (SSSR count). The highest BCUT2D eigenvalue weighted by atomic mass is 28.3. The van der Waals surface area contributed by atoms with Gasteiger partial charge in [0.15, 0.2) is 0 Å². The van der Waals surface area contributed by atoms with E-state index < -0.39 is 8.24 Å². The van der Waals surface area contributed by atoms with Crippen LogP contribution in [0.1, 0.15) is 26.7 Å². The zero-order valence-corrected chi connectivity index (χ0v) is 9.72.